The largest absolute Gasteiger partial charge is 0.491 e. The molecule has 1 aromatic carbocycles. The van der Waals surface area contributed by atoms with Crippen LogP contribution >= 0.6 is 0 Å². The normalized spacial score (nSPS) is 20.2. The van der Waals surface area contributed by atoms with Gasteiger partial charge in [-0.25, -0.2) is 9.97 Å². The first-order valence-corrected chi connectivity index (χ1v) is 9.11. The first kappa shape index (κ1) is 16.9. The minimum Gasteiger partial charge on any atom is -0.491 e. The molecule has 2 heterocycles. The first-order valence-electron chi connectivity index (χ1n) is 9.11. The lowest BCUT2D eigenvalue weighted by molar-refractivity contribution is 0.177. The molecule has 0 radical (unpaired) electrons. The number of aromatic nitrogens is 5. The molecule has 7 heteroatoms. The highest BCUT2D eigenvalue weighted by Gasteiger charge is 2.24. The molecule has 2 atom stereocenters. The quantitative estimate of drug-likeness (QED) is 0.759. The Morgan fingerprint density at radius 3 is 2.73 bits per heavy atom. The topological polar surface area (TPSA) is 86.0 Å². The Morgan fingerprint density at radius 1 is 1.23 bits per heavy atom. The lowest BCUT2D eigenvalue weighted by atomic mass is 10.0. The third kappa shape index (κ3) is 3.53. The SMILES string of the molecule is CC(C)Oc1ccc(-n2nnc3cnc(C[C@@H]4CC[C@@H](O)C4)nc32)cc1. The van der Waals surface area contributed by atoms with Crippen molar-refractivity contribution in [2.75, 3.05) is 0 Å². The summed E-state index contributed by atoms with van der Waals surface area (Å²) in [5.41, 5.74) is 2.25. The van der Waals surface area contributed by atoms with Gasteiger partial charge in [0.25, 0.3) is 0 Å². The second kappa shape index (κ2) is 6.99. The third-order valence-electron chi connectivity index (χ3n) is 4.68. The van der Waals surface area contributed by atoms with Crippen molar-refractivity contribution >= 4 is 11.2 Å². The molecule has 0 unspecified atom stereocenters. The summed E-state index contributed by atoms with van der Waals surface area (Å²) in [7, 11) is 0. The van der Waals surface area contributed by atoms with Crippen LogP contribution in [0.1, 0.15) is 38.9 Å². The molecule has 136 valence electrons. The number of benzene rings is 1. The van der Waals surface area contributed by atoms with E-state index in [4.69, 9.17) is 4.74 Å². The lowest BCUT2D eigenvalue weighted by Gasteiger charge is -2.10. The summed E-state index contributed by atoms with van der Waals surface area (Å²) in [5, 5.41) is 18.1. The Labute approximate surface area is 152 Å². The zero-order valence-electron chi connectivity index (χ0n) is 15.0. The van der Waals surface area contributed by atoms with Gasteiger partial charge in [-0.2, -0.15) is 4.68 Å². The Hall–Kier alpha value is -2.54. The maximum absolute atomic E-state index is 9.71. The summed E-state index contributed by atoms with van der Waals surface area (Å²) in [6, 6.07) is 7.73. The second-order valence-electron chi connectivity index (χ2n) is 7.19. The van der Waals surface area contributed by atoms with Crippen LogP contribution in [0.15, 0.2) is 30.5 Å². The van der Waals surface area contributed by atoms with E-state index in [9.17, 15) is 5.11 Å². The summed E-state index contributed by atoms with van der Waals surface area (Å²) >= 11 is 0. The van der Waals surface area contributed by atoms with E-state index >= 15 is 0 Å². The van der Waals surface area contributed by atoms with Gasteiger partial charge < -0.3 is 9.84 Å². The molecular weight excluding hydrogens is 330 g/mol. The molecule has 0 aliphatic heterocycles. The van der Waals surface area contributed by atoms with Crippen LogP contribution in [0.3, 0.4) is 0 Å². The average molecular weight is 353 g/mol. The molecule has 4 rings (SSSR count). The van der Waals surface area contributed by atoms with Crippen molar-refractivity contribution in [1.29, 1.82) is 0 Å². The summed E-state index contributed by atoms with van der Waals surface area (Å²) in [5.74, 6) is 2.04. The maximum Gasteiger partial charge on any atom is 0.187 e. The van der Waals surface area contributed by atoms with Gasteiger partial charge >= 0.3 is 0 Å². The number of ether oxygens (including phenoxy) is 1. The van der Waals surface area contributed by atoms with Gasteiger partial charge in [0.2, 0.25) is 0 Å². The van der Waals surface area contributed by atoms with E-state index < -0.39 is 0 Å². The van der Waals surface area contributed by atoms with Gasteiger partial charge in [0.15, 0.2) is 11.2 Å². The molecule has 2 aromatic heterocycles. The fourth-order valence-electron chi connectivity index (χ4n) is 3.47. The van der Waals surface area contributed by atoms with Crippen molar-refractivity contribution in [2.45, 2.75) is 51.7 Å². The summed E-state index contributed by atoms with van der Waals surface area (Å²) in [6.45, 7) is 4.00. The van der Waals surface area contributed by atoms with Crippen molar-refractivity contribution in [2.24, 2.45) is 5.92 Å². The van der Waals surface area contributed by atoms with Gasteiger partial charge in [-0.15, -0.1) is 5.10 Å². The molecule has 1 aliphatic carbocycles. The Balaban J connectivity index is 1.60. The van der Waals surface area contributed by atoms with Gasteiger partial charge in [-0.05, 0) is 63.3 Å². The monoisotopic (exact) mass is 353 g/mol. The minimum atomic E-state index is -0.178. The predicted molar refractivity (Wildman–Crippen MR) is 97.3 cm³/mol. The van der Waals surface area contributed by atoms with Crippen molar-refractivity contribution in [3.63, 3.8) is 0 Å². The average Bonchev–Trinajstić information content (AvgIpc) is 3.21. The smallest absolute Gasteiger partial charge is 0.187 e. The van der Waals surface area contributed by atoms with E-state index in [0.717, 1.165) is 42.9 Å². The summed E-state index contributed by atoms with van der Waals surface area (Å²) < 4.78 is 7.41. The molecule has 1 aliphatic rings. The predicted octanol–water partition coefficient (Wildman–Crippen LogP) is 2.70. The molecule has 0 amide bonds. The number of aliphatic hydroxyl groups is 1. The van der Waals surface area contributed by atoms with E-state index in [2.05, 4.69) is 20.3 Å². The van der Waals surface area contributed by atoms with E-state index in [-0.39, 0.29) is 12.2 Å². The fraction of sp³-hybridized carbons (Fsp3) is 0.474. The molecule has 1 saturated carbocycles. The van der Waals surface area contributed by atoms with Crippen LogP contribution in [0.4, 0.5) is 0 Å². The fourth-order valence-corrected chi connectivity index (χ4v) is 3.47. The Morgan fingerprint density at radius 2 is 2.04 bits per heavy atom. The number of rotatable bonds is 5. The molecule has 0 spiro atoms. The zero-order chi connectivity index (χ0) is 18.1. The van der Waals surface area contributed by atoms with E-state index in [0.29, 0.717) is 17.1 Å². The number of aliphatic hydroxyl groups excluding tert-OH is 1. The van der Waals surface area contributed by atoms with E-state index in [1.165, 1.54) is 0 Å². The highest BCUT2D eigenvalue weighted by molar-refractivity contribution is 5.70. The third-order valence-corrected chi connectivity index (χ3v) is 4.68. The van der Waals surface area contributed by atoms with Crippen molar-refractivity contribution in [3.05, 3.63) is 36.3 Å². The van der Waals surface area contributed by atoms with E-state index in [1.54, 1.807) is 10.9 Å². The van der Waals surface area contributed by atoms with Crippen LogP contribution in [0, 0.1) is 5.92 Å². The Bertz CT molecular complexity index is 891. The zero-order valence-corrected chi connectivity index (χ0v) is 15.0. The molecule has 1 N–H and O–H groups in total. The van der Waals surface area contributed by atoms with Crippen LogP contribution in [0.5, 0.6) is 5.75 Å². The molecule has 1 fully saturated rings. The van der Waals surface area contributed by atoms with Gasteiger partial charge in [0.05, 0.1) is 24.1 Å². The molecular formula is C19H23N5O2. The highest BCUT2D eigenvalue weighted by Crippen LogP contribution is 2.28. The Kier molecular flexibility index (Phi) is 4.55. The maximum atomic E-state index is 9.71. The summed E-state index contributed by atoms with van der Waals surface area (Å²) in [6.07, 6.45) is 5.19. The van der Waals surface area contributed by atoms with Crippen LogP contribution in [-0.4, -0.2) is 42.3 Å². The molecule has 3 aromatic rings. The van der Waals surface area contributed by atoms with Crippen LogP contribution in [0.2, 0.25) is 0 Å². The van der Waals surface area contributed by atoms with Crippen LogP contribution < -0.4 is 4.74 Å². The molecule has 26 heavy (non-hydrogen) atoms. The van der Waals surface area contributed by atoms with Crippen molar-refractivity contribution in [3.8, 4) is 11.4 Å². The van der Waals surface area contributed by atoms with Gasteiger partial charge in [0, 0.05) is 6.42 Å². The molecule has 0 bridgehead atoms. The number of nitrogens with zero attached hydrogens (tertiary/aromatic N) is 5. The molecule has 0 saturated heterocycles. The van der Waals surface area contributed by atoms with Gasteiger partial charge in [0.1, 0.15) is 11.6 Å². The van der Waals surface area contributed by atoms with Crippen molar-refractivity contribution in [1.82, 2.24) is 25.0 Å². The highest BCUT2D eigenvalue weighted by atomic mass is 16.5. The summed E-state index contributed by atoms with van der Waals surface area (Å²) in [4.78, 5) is 9.11. The number of fused-ring (bicyclic) bond motifs is 1. The van der Waals surface area contributed by atoms with Crippen LogP contribution in [0.25, 0.3) is 16.9 Å². The second-order valence-corrected chi connectivity index (χ2v) is 7.19. The molecule has 7 nitrogen and oxygen atoms in total. The number of hydrogen-bond acceptors (Lipinski definition) is 6. The lowest BCUT2D eigenvalue weighted by Crippen LogP contribution is -2.07. The minimum absolute atomic E-state index is 0.137. The first-order chi connectivity index (χ1) is 12.6. The van der Waals surface area contributed by atoms with Gasteiger partial charge in [-0.3, -0.25) is 0 Å². The van der Waals surface area contributed by atoms with Crippen LogP contribution in [-0.2, 0) is 6.42 Å². The van der Waals surface area contributed by atoms with Gasteiger partial charge in [-0.1, -0.05) is 5.21 Å². The van der Waals surface area contributed by atoms with Crippen molar-refractivity contribution < 1.29 is 9.84 Å². The number of hydrogen-bond donors (Lipinski definition) is 1. The standard InChI is InChI=1S/C19H23N5O2/c1-12(2)26-16-7-4-14(5-8-16)24-19-17(22-23-24)11-20-18(21-19)10-13-3-6-15(25)9-13/h4-5,7-8,11-13,15,25H,3,6,9-10H2,1-2H3/t13-,15-/m1/s1. The van der Waals surface area contributed by atoms with E-state index in [1.807, 2.05) is 38.1 Å².